The summed E-state index contributed by atoms with van der Waals surface area (Å²) in [5.41, 5.74) is 5.24. The number of benzene rings is 2. The molecule has 0 fully saturated rings. The number of carbonyl (C=O) groups is 1. The number of hydrogen-bond acceptors (Lipinski definition) is 4. The summed E-state index contributed by atoms with van der Waals surface area (Å²) in [5, 5.41) is 7.15. The second kappa shape index (κ2) is 8.14. The lowest BCUT2D eigenvalue weighted by Crippen LogP contribution is -2.32. The quantitative estimate of drug-likeness (QED) is 0.728. The smallest absolute Gasteiger partial charge is 0.238 e. The molecule has 1 heterocycles. The van der Waals surface area contributed by atoms with Crippen molar-refractivity contribution in [2.75, 3.05) is 18.9 Å². The van der Waals surface area contributed by atoms with Crippen LogP contribution in [-0.2, 0) is 4.79 Å². The lowest BCUT2D eigenvalue weighted by atomic mass is 10.1. The van der Waals surface area contributed by atoms with Gasteiger partial charge in [0.1, 0.15) is 12.7 Å². The molecule has 27 heavy (non-hydrogen) atoms. The normalized spacial score (nSPS) is 12.2. The van der Waals surface area contributed by atoms with Gasteiger partial charge in [-0.3, -0.25) is 9.69 Å². The van der Waals surface area contributed by atoms with Gasteiger partial charge in [-0.1, -0.05) is 24.3 Å². The Labute approximate surface area is 159 Å². The van der Waals surface area contributed by atoms with Crippen LogP contribution in [0.1, 0.15) is 29.7 Å². The molecule has 3 aromatic rings. The van der Waals surface area contributed by atoms with E-state index in [0.29, 0.717) is 6.54 Å². The molecule has 0 radical (unpaired) electrons. The summed E-state index contributed by atoms with van der Waals surface area (Å²) in [6.45, 7) is 6.48. The van der Waals surface area contributed by atoms with Crippen molar-refractivity contribution in [2.24, 2.45) is 0 Å². The molecule has 3 rings (SSSR count). The van der Waals surface area contributed by atoms with Crippen LogP contribution in [0.25, 0.3) is 5.69 Å². The zero-order valence-electron chi connectivity index (χ0n) is 16.2. The maximum absolute atomic E-state index is 12.5. The minimum absolute atomic E-state index is 0.0164. The zero-order chi connectivity index (χ0) is 19.4. The summed E-state index contributed by atoms with van der Waals surface area (Å²) in [6, 6.07) is 14.2. The Morgan fingerprint density at radius 1 is 1.19 bits per heavy atom. The van der Waals surface area contributed by atoms with Crippen molar-refractivity contribution in [3.05, 3.63) is 71.8 Å². The second-order valence-corrected chi connectivity index (χ2v) is 6.82. The predicted octanol–water partition coefficient (Wildman–Crippen LogP) is 3.52. The Hall–Kier alpha value is -2.99. The Bertz CT molecular complexity index is 903. The number of carbonyl (C=O) groups excluding carboxylic acids is 1. The Morgan fingerprint density at radius 2 is 1.93 bits per heavy atom. The third kappa shape index (κ3) is 4.41. The van der Waals surface area contributed by atoms with Gasteiger partial charge in [-0.2, -0.15) is 5.10 Å². The van der Waals surface area contributed by atoms with Gasteiger partial charge < -0.3 is 5.32 Å². The van der Waals surface area contributed by atoms with Crippen LogP contribution >= 0.6 is 0 Å². The van der Waals surface area contributed by atoms with Gasteiger partial charge in [0, 0.05) is 11.7 Å². The third-order valence-corrected chi connectivity index (χ3v) is 4.99. The fraction of sp³-hybridized carbons (Fsp3) is 0.286. The molecule has 0 spiro atoms. The molecule has 6 nitrogen and oxygen atoms in total. The molecular weight excluding hydrogens is 338 g/mol. The first-order valence-electron chi connectivity index (χ1n) is 8.97. The number of aromatic nitrogens is 3. The highest BCUT2D eigenvalue weighted by Crippen LogP contribution is 2.21. The molecule has 1 atom stereocenters. The zero-order valence-corrected chi connectivity index (χ0v) is 16.2. The lowest BCUT2D eigenvalue weighted by molar-refractivity contribution is -0.117. The third-order valence-electron chi connectivity index (χ3n) is 4.99. The molecule has 140 valence electrons. The van der Waals surface area contributed by atoms with Crippen LogP contribution < -0.4 is 5.32 Å². The molecule has 6 heteroatoms. The number of rotatable bonds is 6. The Balaban J connectivity index is 1.62. The summed E-state index contributed by atoms with van der Waals surface area (Å²) in [6.07, 6.45) is 3.18. The number of nitrogens with zero attached hydrogens (tertiary/aromatic N) is 4. The standard InChI is InChI=1S/C21H25N5O/c1-15-6-5-7-20(16(15)2)24-21(27)12-25(4)17(3)18-8-10-19(11-9-18)26-14-22-13-23-26/h5-11,13-14,17H,12H2,1-4H3,(H,24,27). The van der Waals surface area contributed by atoms with Gasteiger partial charge >= 0.3 is 0 Å². The number of hydrogen-bond donors (Lipinski definition) is 1. The highest BCUT2D eigenvalue weighted by atomic mass is 16.2. The maximum Gasteiger partial charge on any atom is 0.238 e. The number of likely N-dealkylation sites (N-methyl/N-ethyl adjacent to an activating group) is 1. The van der Waals surface area contributed by atoms with Crippen molar-refractivity contribution in [1.82, 2.24) is 19.7 Å². The number of anilines is 1. The second-order valence-electron chi connectivity index (χ2n) is 6.82. The van der Waals surface area contributed by atoms with Crippen LogP contribution in [0.5, 0.6) is 0 Å². The average molecular weight is 363 g/mol. The minimum atomic E-state index is -0.0164. The molecule has 0 bridgehead atoms. The van der Waals surface area contributed by atoms with E-state index in [-0.39, 0.29) is 11.9 Å². The highest BCUT2D eigenvalue weighted by molar-refractivity contribution is 5.93. The van der Waals surface area contributed by atoms with Gasteiger partial charge in [-0.05, 0) is 62.7 Å². The molecule has 1 unspecified atom stereocenters. The first kappa shape index (κ1) is 18.8. The van der Waals surface area contributed by atoms with E-state index in [0.717, 1.165) is 22.5 Å². The molecule has 1 N–H and O–H groups in total. The van der Waals surface area contributed by atoms with Crippen LogP contribution in [0.3, 0.4) is 0 Å². The van der Waals surface area contributed by atoms with Crippen LogP contribution in [0.15, 0.2) is 55.1 Å². The first-order valence-corrected chi connectivity index (χ1v) is 8.97. The van der Waals surface area contributed by atoms with Gasteiger partial charge in [0.25, 0.3) is 0 Å². The number of aryl methyl sites for hydroxylation is 1. The van der Waals surface area contributed by atoms with Crippen molar-refractivity contribution in [3.8, 4) is 5.69 Å². The number of nitrogens with one attached hydrogen (secondary N) is 1. The topological polar surface area (TPSA) is 63.1 Å². The van der Waals surface area contributed by atoms with Crippen molar-refractivity contribution >= 4 is 11.6 Å². The summed E-state index contributed by atoms with van der Waals surface area (Å²) in [7, 11) is 1.96. The monoisotopic (exact) mass is 363 g/mol. The summed E-state index contributed by atoms with van der Waals surface area (Å²) in [5.74, 6) is -0.0164. The van der Waals surface area contributed by atoms with Crippen LogP contribution in [0.2, 0.25) is 0 Å². The Morgan fingerprint density at radius 3 is 2.59 bits per heavy atom. The van der Waals surface area contributed by atoms with Crippen LogP contribution in [0.4, 0.5) is 5.69 Å². The van der Waals surface area contributed by atoms with Crippen molar-refractivity contribution in [2.45, 2.75) is 26.8 Å². The molecule has 0 saturated carbocycles. The summed E-state index contributed by atoms with van der Waals surface area (Å²) < 4.78 is 1.72. The van der Waals surface area contributed by atoms with E-state index in [2.05, 4.69) is 34.5 Å². The van der Waals surface area contributed by atoms with E-state index in [4.69, 9.17) is 0 Å². The van der Waals surface area contributed by atoms with Gasteiger partial charge in [0.05, 0.1) is 12.2 Å². The maximum atomic E-state index is 12.5. The average Bonchev–Trinajstić information content (AvgIpc) is 3.19. The summed E-state index contributed by atoms with van der Waals surface area (Å²) in [4.78, 5) is 18.5. The minimum Gasteiger partial charge on any atom is -0.325 e. The number of amides is 1. The van der Waals surface area contributed by atoms with Gasteiger partial charge in [0.2, 0.25) is 5.91 Å². The van der Waals surface area contributed by atoms with Gasteiger partial charge in [-0.25, -0.2) is 9.67 Å². The highest BCUT2D eigenvalue weighted by Gasteiger charge is 2.16. The van der Waals surface area contributed by atoms with E-state index in [9.17, 15) is 4.79 Å². The van der Waals surface area contributed by atoms with E-state index in [1.54, 1.807) is 11.0 Å². The SMILES string of the molecule is Cc1cccc(NC(=O)CN(C)C(C)c2ccc(-n3cncn3)cc2)c1C. The van der Waals surface area contributed by atoms with Crippen molar-refractivity contribution in [1.29, 1.82) is 0 Å². The molecule has 1 aromatic heterocycles. The molecule has 0 aliphatic carbocycles. The van der Waals surface area contributed by atoms with Gasteiger partial charge in [-0.15, -0.1) is 0 Å². The molecule has 2 aromatic carbocycles. The van der Waals surface area contributed by atoms with Crippen LogP contribution in [0, 0.1) is 13.8 Å². The predicted molar refractivity (Wildman–Crippen MR) is 107 cm³/mol. The molecule has 1 amide bonds. The lowest BCUT2D eigenvalue weighted by Gasteiger charge is -2.25. The van der Waals surface area contributed by atoms with E-state index < -0.39 is 0 Å². The van der Waals surface area contributed by atoms with Gasteiger partial charge in [0.15, 0.2) is 0 Å². The van der Waals surface area contributed by atoms with Crippen LogP contribution in [-0.4, -0.2) is 39.2 Å². The van der Waals surface area contributed by atoms with Crippen molar-refractivity contribution in [3.63, 3.8) is 0 Å². The fourth-order valence-corrected chi connectivity index (χ4v) is 2.94. The van der Waals surface area contributed by atoms with E-state index >= 15 is 0 Å². The fourth-order valence-electron chi connectivity index (χ4n) is 2.94. The molecule has 0 aliphatic heterocycles. The van der Waals surface area contributed by atoms with E-state index in [1.807, 2.05) is 56.1 Å². The molecular formula is C21H25N5O. The molecule has 0 saturated heterocycles. The largest absolute Gasteiger partial charge is 0.325 e. The first-order chi connectivity index (χ1) is 13.0. The van der Waals surface area contributed by atoms with E-state index in [1.165, 1.54) is 11.9 Å². The summed E-state index contributed by atoms with van der Waals surface area (Å²) >= 11 is 0. The Kier molecular flexibility index (Phi) is 5.66. The molecule has 0 aliphatic rings. The van der Waals surface area contributed by atoms with Crippen molar-refractivity contribution < 1.29 is 4.79 Å².